The normalized spacial score (nSPS) is 11.1. The minimum atomic E-state index is -0.462. The number of carbonyl (C=O) groups is 1. The number of nitrogens with zero attached hydrogens (tertiary/aromatic N) is 2. The standard InChI is InChI=1S/C15H23N3O3/c1-6-9-15(2,3)16-12-8-7-11(14(19)17(4)5)10-13(12)18(20)21/h7-8,10,16H,6,9H2,1-5H3. The third kappa shape index (κ3) is 4.44. The van der Waals surface area contributed by atoms with Crippen LogP contribution in [0.5, 0.6) is 0 Å². The number of hydrogen-bond donors (Lipinski definition) is 1. The fourth-order valence-corrected chi connectivity index (χ4v) is 2.23. The van der Waals surface area contributed by atoms with E-state index >= 15 is 0 Å². The molecule has 0 heterocycles. The van der Waals surface area contributed by atoms with Crippen LogP contribution in [0, 0.1) is 10.1 Å². The Morgan fingerprint density at radius 1 is 1.38 bits per heavy atom. The Labute approximate surface area is 125 Å². The van der Waals surface area contributed by atoms with E-state index in [1.807, 2.05) is 13.8 Å². The first kappa shape index (κ1) is 16.9. The van der Waals surface area contributed by atoms with Crippen LogP contribution in [0.1, 0.15) is 44.0 Å². The summed E-state index contributed by atoms with van der Waals surface area (Å²) >= 11 is 0. The van der Waals surface area contributed by atoms with Crippen LogP contribution in [0.2, 0.25) is 0 Å². The molecule has 0 bridgehead atoms. The third-order valence-electron chi connectivity index (χ3n) is 3.20. The molecule has 0 saturated heterocycles. The Hall–Kier alpha value is -2.11. The number of hydrogen-bond acceptors (Lipinski definition) is 4. The zero-order chi connectivity index (χ0) is 16.2. The number of anilines is 1. The van der Waals surface area contributed by atoms with E-state index in [9.17, 15) is 14.9 Å². The van der Waals surface area contributed by atoms with Crippen molar-refractivity contribution in [3.8, 4) is 0 Å². The van der Waals surface area contributed by atoms with Crippen LogP contribution in [-0.4, -0.2) is 35.4 Å². The molecule has 1 aromatic rings. The van der Waals surface area contributed by atoms with E-state index in [-0.39, 0.29) is 17.1 Å². The molecule has 1 aromatic carbocycles. The molecule has 1 amide bonds. The van der Waals surface area contributed by atoms with Gasteiger partial charge in [-0.1, -0.05) is 13.3 Å². The van der Waals surface area contributed by atoms with E-state index < -0.39 is 4.92 Å². The number of nitro benzene ring substituents is 1. The Balaban J connectivity index is 3.17. The van der Waals surface area contributed by atoms with Gasteiger partial charge in [0.25, 0.3) is 11.6 Å². The summed E-state index contributed by atoms with van der Waals surface area (Å²) in [6, 6.07) is 4.54. The molecule has 0 radical (unpaired) electrons. The lowest BCUT2D eigenvalue weighted by molar-refractivity contribution is -0.384. The van der Waals surface area contributed by atoms with E-state index in [0.29, 0.717) is 11.3 Å². The van der Waals surface area contributed by atoms with Crippen molar-refractivity contribution in [3.05, 3.63) is 33.9 Å². The molecule has 0 spiro atoms. The first-order chi connectivity index (χ1) is 9.68. The summed E-state index contributed by atoms with van der Waals surface area (Å²) in [6.45, 7) is 6.06. The van der Waals surface area contributed by atoms with Crippen LogP contribution in [0.25, 0.3) is 0 Å². The summed E-state index contributed by atoms with van der Waals surface area (Å²) in [5, 5.41) is 14.4. The van der Waals surface area contributed by atoms with Crippen molar-refractivity contribution in [2.75, 3.05) is 19.4 Å². The monoisotopic (exact) mass is 293 g/mol. The fourth-order valence-electron chi connectivity index (χ4n) is 2.23. The summed E-state index contributed by atoms with van der Waals surface area (Å²) < 4.78 is 0. The van der Waals surface area contributed by atoms with Gasteiger partial charge in [-0.3, -0.25) is 14.9 Å². The number of nitro groups is 1. The first-order valence-corrected chi connectivity index (χ1v) is 6.96. The molecule has 0 fully saturated rings. The van der Waals surface area contributed by atoms with Gasteiger partial charge >= 0.3 is 0 Å². The van der Waals surface area contributed by atoms with Gasteiger partial charge in [0, 0.05) is 31.3 Å². The smallest absolute Gasteiger partial charge is 0.293 e. The molecular formula is C15H23N3O3. The molecule has 0 atom stereocenters. The summed E-state index contributed by atoms with van der Waals surface area (Å²) in [6.07, 6.45) is 1.87. The van der Waals surface area contributed by atoms with E-state index in [1.165, 1.54) is 11.0 Å². The highest BCUT2D eigenvalue weighted by Crippen LogP contribution is 2.29. The number of nitrogens with one attached hydrogen (secondary N) is 1. The predicted molar refractivity (Wildman–Crippen MR) is 83.7 cm³/mol. The first-order valence-electron chi connectivity index (χ1n) is 6.96. The summed E-state index contributed by atoms with van der Waals surface area (Å²) in [5.41, 5.74) is 0.429. The molecule has 0 aliphatic heterocycles. The zero-order valence-electron chi connectivity index (χ0n) is 13.3. The minimum Gasteiger partial charge on any atom is -0.375 e. The van der Waals surface area contributed by atoms with Gasteiger partial charge in [-0.2, -0.15) is 0 Å². The predicted octanol–water partition coefficient (Wildman–Crippen LogP) is 3.29. The summed E-state index contributed by atoms with van der Waals surface area (Å²) in [7, 11) is 3.23. The van der Waals surface area contributed by atoms with E-state index in [0.717, 1.165) is 12.8 Å². The van der Waals surface area contributed by atoms with Crippen LogP contribution >= 0.6 is 0 Å². The van der Waals surface area contributed by atoms with Crippen LogP contribution < -0.4 is 5.32 Å². The number of carbonyl (C=O) groups excluding carboxylic acids is 1. The molecule has 21 heavy (non-hydrogen) atoms. The maximum atomic E-state index is 11.9. The molecule has 0 saturated carbocycles. The molecule has 1 N–H and O–H groups in total. The van der Waals surface area contributed by atoms with Gasteiger partial charge in [0.1, 0.15) is 5.69 Å². The molecular weight excluding hydrogens is 270 g/mol. The molecule has 1 rings (SSSR count). The molecule has 0 unspecified atom stereocenters. The highest BCUT2D eigenvalue weighted by molar-refractivity contribution is 5.95. The van der Waals surface area contributed by atoms with E-state index in [1.54, 1.807) is 26.2 Å². The highest BCUT2D eigenvalue weighted by Gasteiger charge is 2.23. The number of rotatable bonds is 6. The van der Waals surface area contributed by atoms with Crippen molar-refractivity contribution < 1.29 is 9.72 Å². The van der Waals surface area contributed by atoms with Crippen LogP contribution in [-0.2, 0) is 0 Å². The average Bonchev–Trinajstić information content (AvgIpc) is 2.37. The van der Waals surface area contributed by atoms with Crippen molar-refractivity contribution in [3.63, 3.8) is 0 Å². The Morgan fingerprint density at radius 3 is 2.48 bits per heavy atom. The van der Waals surface area contributed by atoms with Gasteiger partial charge in [-0.05, 0) is 32.4 Å². The van der Waals surface area contributed by atoms with E-state index in [4.69, 9.17) is 0 Å². The topological polar surface area (TPSA) is 75.5 Å². The summed E-state index contributed by atoms with van der Waals surface area (Å²) in [4.78, 5) is 24.1. The Bertz CT molecular complexity index is 539. The molecule has 0 aliphatic rings. The minimum absolute atomic E-state index is 0.0770. The second-order valence-electron chi connectivity index (χ2n) is 5.95. The van der Waals surface area contributed by atoms with Gasteiger partial charge < -0.3 is 10.2 Å². The molecule has 6 nitrogen and oxygen atoms in total. The molecule has 116 valence electrons. The lowest BCUT2D eigenvalue weighted by Crippen LogP contribution is -2.31. The van der Waals surface area contributed by atoms with Crippen molar-refractivity contribution in [2.45, 2.75) is 39.2 Å². The molecule has 0 aromatic heterocycles. The van der Waals surface area contributed by atoms with Crippen LogP contribution in [0.4, 0.5) is 11.4 Å². The number of amides is 1. The van der Waals surface area contributed by atoms with Crippen LogP contribution in [0.15, 0.2) is 18.2 Å². The number of benzene rings is 1. The van der Waals surface area contributed by atoms with Gasteiger partial charge in [0.2, 0.25) is 0 Å². The van der Waals surface area contributed by atoms with Crippen molar-refractivity contribution in [2.24, 2.45) is 0 Å². The Kier molecular flexibility index (Phi) is 5.29. The largest absolute Gasteiger partial charge is 0.375 e. The van der Waals surface area contributed by atoms with Crippen molar-refractivity contribution in [1.82, 2.24) is 4.90 Å². The zero-order valence-corrected chi connectivity index (χ0v) is 13.3. The van der Waals surface area contributed by atoms with Gasteiger partial charge in [-0.25, -0.2) is 0 Å². The van der Waals surface area contributed by atoms with Gasteiger partial charge in [-0.15, -0.1) is 0 Å². The maximum Gasteiger partial charge on any atom is 0.293 e. The molecule has 6 heteroatoms. The summed E-state index contributed by atoms with van der Waals surface area (Å²) in [5.74, 6) is -0.252. The van der Waals surface area contributed by atoms with Gasteiger partial charge in [0.15, 0.2) is 0 Å². The SMILES string of the molecule is CCCC(C)(C)Nc1ccc(C(=O)N(C)C)cc1[N+](=O)[O-]. The van der Waals surface area contributed by atoms with Crippen molar-refractivity contribution in [1.29, 1.82) is 0 Å². The highest BCUT2D eigenvalue weighted by atomic mass is 16.6. The Morgan fingerprint density at radius 2 is 2.00 bits per heavy atom. The second kappa shape index (κ2) is 6.56. The van der Waals surface area contributed by atoms with Gasteiger partial charge in [0.05, 0.1) is 4.92 Å². The third-order valence-corrected chi connectivity index (χ3v) is 3.20. The average molecular weight is 293 g/mol. The van der Waals surface area contributed by atoms with Crippen molar-refractivity contribution >= 4 is 17.3 Å². The maximum absolute atomic E-state index is 11.9. The lowest BCUT2D eigenvalue weighted by Gasteiger charge is -2.27. The van der Waals surface area contributed by atoms with Crippen LogP contribution in [0.3, 0.4) is 0 Å². The second-order valence-corrected chi connectivity index (χ2v) is 5.95. The lowest BCUT2D eigenvalue weighted by atomic mass is 9.98. The fraction of sp³-hybridized carbons (Fsp3) is 0.533. The quantitative estimate of drug-likeness (QED) is 0.645. The molecule has 0 aliphatic carbocycles. The van der Waals surface area contributed by atoms with E-state index in [2.05, 4.69) is 12.2 Å².